The molecule has 3 nitrogen and oxygen atoms in total. The molecule has 1 aliphatic carbocycles. The summed E-state index contributed by atoms with van der Waals surface area (Å²) >= 11 is 3.14. The number of anilines is 1. The fraction of sp³-hybridized carbons (Fsp3) is 0.462. The highest BCUT2D eigenvalue weighted by Crippen LogP contribution is 2.41. The number of nitrogens with two attached hydrogens (primary N) is 1. The highest BCUT2D eigenvalue weighted by atomic mass is 79.9. The Morgan fingerprint density at radius 2 is 2.05 bits per heavy atom. The van der Waals surface area contributed by atoms with E-state index in [1.807, 2.05) is 0 Å². The second kappa shape index (κ2) is 5.37. The molecule has 2 rings (SSSR count). The van der Waals surface area contributed by atoms with Gasteiger partial charge >= 0.3 is 6.18 Å². The van der Waals surface area contributed by atoms with Crippen molar-refractivity contribution in [1.82, 2.24) is 0 Å². The quantitative estimate of drug-likeness (QED) is 0.875. The number of benzene rings is 1. The van der Waals surface area contributed by atoms with E-state index in [1.165, 1.54) is 6.07 Å². The first-order chi connectivity index (χ1) is 9.28. The summed E-state index contributed by atoms with van der Waals surface area (Å²) in [5.41, 5.74) is 4.29. The predicted octanol–water partition coefficient (Wildman–Crippen LogP) is 3.54. The van der Waals surface area contributed by atoms with E-state index in [-0.39, 0.29) is 18.1 Å². The maximum absolute atomic E-state index is 12.7. The van der Waals surface area contributed by atoms with Crippen LogP contribution in [0.1, 0.15) is 24.8 Å². The van der Waals surface area contributed by atoms with E-state index in [1.54, 1.807) is 0 Å². The molecule has 0 bridgehead atoms. The SMILES string of the molecule is NCC1(C(=O)Nc2cc(C(F)(F)F)ccc2Br)CCC1. The molecule has 1 fully saturated rings. The second-order valence-electron chi connectivity index (χ2n) is 4.98. The largest absolute Gasteiger partial charge is 0.416 e. The van der Waals surface area contributed by atoms with E-state index in [0.29, 0.717) is 17.3 Å². The van der Waals surface area contributed by atoms with Crippen molar-refractivity contribution in [1.29, 1.82) is 0 Å². The smallest absolute Gasteiger partial charge is 0.329 e. The van der Waals surface area contributed by atoms with Gasteiger partial charge in [-0.1, -0.05) is 6.42 Å². The van der Waals surface area contributed by atoms with Gasteiger partial charge in [-0.05, 0) is 47.0 Å². The Bertz CT molecular complexity index is 521. The third kappa shape index (κ3) is 2.83. The van der Waals surface area contributed by atoms with Crippen molar-refractivity contribution >= 4 is 27.5 Å². The molecule has 110 valence electrons. The van der Waals surface area contributed by atoms with Crippen molar-refractivity contribution in [3.05, 3.63) is 28.2 Å². The van der Waals surface area contributed by atoms with Gasteiger partial charge in [-0.25, -0.2) is 0 Å². The van der Waals surface area contributed by atoms with Crippen molar-refractivity contribution in [2.24, 2.45) is 11.1 Å². The zero-order valence-electron chi connectivity index (χ0n) is 10.6. The van der Waals surface area contributed by atoms with Crippen LogP contribution in [0.15, 0.2) is 22.7 Å². The maximum Gasteiger partial charge on any atom is 0.416 e. The molecule has 0 saturated heterocycles. The van der Waals surface area contributed by atoms with Crippen LogP contribution in [-0.2, 0) is 11.0 Å². The molecular weight excluding hydrogens is 337 g/mol. The molecule has 3 N–H and O–H groups in total. The lowest BCUT2D eigenvalue weighted by Crippen LogP contribution is -2.47. The Labute approximate surface area is 122 Å². The van der Waals surface area contributed by atoms with E-state index in [4.69, 9.17) is 5.73 Å². The first-order valence-corrected chi connectivity index (χ1v) is 6.96. The van der Waals surface area contributed by atoms with Crippen LogP contribution in [-0.4, -0.2) is 12.5 Å². The van der Waals surface area contributed by atoms with Crippen molar-refractivity contribution in [2.75, 3.05) is 11.9 Å². The molecule has 20 heavy (non-hydrogen) atoms. The van der Waals surface area contributed by atoms with Gasteiger partial charge in [0, 0.05) is 11.0 Å². The van der Waals surface area contributed by atoms with E-state index < -0.39 is 17.2 Å². The number of rotatable bonds is 3. The van der Waals surface area contributed by atoms with Crippen LogP contribution in [0.4, 0.5) is 18.9 Å². The minimum absolute atomic E-state index is 0.115. The molecule has 1 amide bonds. The third-order valence-electron chi connectivity index (χ3n) is 3.72. The number of alkyl halides is 3. The number of amides is 1. The van der Waals surface area contributed by atoms with Gasteiger partial charge in [-0.3, -0.25) is 4.79 Å². The first kappa shape index (κ1) is 15.3. The van der Waals surface area contributed by atoms with Crippen LogP contribution >= 0.6 is 15.9 Å². The molecule has 0 radical (unpaired) electrons. The number of halogens is 4. The van der Waals surface area contributed by atoms with Crippen LogP contribution in [0.2, 0.25) is 0 Å². The van der Waals surface area contributed by atoms with E-state index in [2.05, 4.69) is 21.2 Å². The number of carbonyl (C=O) groups is 1. The average Bonchev–Trinajstić information content (AvgIpc) is 2.29. The second-order valence-corrected chi connectivity index (χ2v) is 5.84. The molecule has 0 aliphatic heterocycles. The van der Waals surface area contributed by atoms with Gasteiger partial charge in [-0.2, -0.15) is 13.2 Å². The minimum Gasteiger partial charge on any atom is -0.329 e. The van der Waals surface area contributed by atoms with E-state index in [0.717, 1.165) is 18.6 Å². The molecule has 1 aromatic rings. The predicted molar refractivity (Wildman–Crippen MR) is 73.1 cm³/mol. The lowest BCUT2D eigenvalue weighted by Gasteiger charge is -2.39. The summed E-state index contributed by atoms with van der Waals surface area (Å²) in [6, 6.07) is 3.15. The van der Waals surface area contributed by atoms with E-state index >= 15 is 0 Å². The van der Waals surface area contributed by atoms with Gasteiger partial charge in [0.1, 0.15) is 0 Å². The van der Waals surface area contributed by atoms with Crippen LogP contribution in [0.25, 0.3) is 0 Å². The molecule has 7 heteroatoms. The topological polar surface area (TPSA) is 55.1 Å². The Morgan fingerprint density at radius 1 is 1.40 bits per heavy atom. The third-order valence-corrected chi connectivity index (χ3v) is 4.42. The van der Waals surface area contributed by atoms with Crippen LogP contribution < -0.4 is 11.1 Å². The Morgan fingerprint density at radius 3 is 2.50 bits per heavy atom. The fourth-order valence-electron chi connectivity index (χ4n) is 2.18. The van der Waals surface area contributed by atoms with Gasteiger partial charge < -0.3 is 11.1 Å². The zero-order valence-corrected chi connectivity index (χ0v) is 12.1. The first-order valence-electron chi connectivity index (χ1n) is 6.17. The normalized spacial score (nSPS) is 17.4. The number of nitrogens with one attached hydrogen (secondary N) is 1. The number of hydrogen-bond acceptors (Lipinski definition) is 2. The summed E-state index contributed by atoms with van der Waals surface area (Å²) in [6.45, 7) is 0.204. The summed E-state index contributed by atoms with van der Waals surface area (Å²) in [5, 5.41) is 2.55. The van der Waals surface area contributed by atoms with E-state index in [9.17, 15) is 18.0 Å². The van der Waals surface area contributed by atoms with Crippen LogP contribution in [0, 0.1) is 5.41 Å². The summed E-state index contributed by atoms with van der Waals surface area (Å²) in [4.78, 5) is 12.2. The average molecular weight is 351 g/mol. The Balaban J connectivity index is 2.23. The monoisotopic (exact) mass is 350 g/mol. The van der Waals surface area contributed by atoms with Crippen molar-refractivity contribution in [3.8, 4) is 0 Å². The molecule has 0 atom stereocenters. The molecule has 1 saturated carbocycles. The molecule has 0 aromatic heterocycles. The Hall–Kier alpha value is -1.08. The minimum atomic E-state index is -4.44. The molecule has 1 aliphatic rings. The van der Waals surface area contributed by atoms with Crippen molar-refractivity contribution < 1.29 is 18.0 Å². The lowest BCUT2D eigenvalue weighted by molar-refractivity contribution is -0.137. The summed E-state index contributed by atoms with van der Waals surface area (Å²) < 4.78 is 38.4. The van der Waals surface area contributed by atoms with Gasteiger partial charge in [0.2, 0.25) is 5.91 Å². The molecule has 0 spiro atoms. The highest BCUT2D eigenvalue weighted by molar-refractivity contribution is 9.10. The number of carbonyl (C=O) groups excluding carboxylic acids is 1. The Kier molecular flexibility index (Phi) is 4.11. The maximum atomic E-state index is 12.7. The zero-order chi connectivity index (χ0) is 15.0. The highest BCUT2D eigenvalue weighted by Gasteiger charge is 2.43. The van der Waals surface area contributed by atoms with Gasteiger partial charge in [0.25, 0.3) is 0 Å². The summed E-state index contributed by atoms with van der Waals surface area (Å²) in [7, 11) is 0. The molecule has 0 heterocycles. The van der Waals surface area contributed by atoms with Gasteiger partial charge in [0.15, 0.2) is 0 Å². The van der Waals surface area contributed by atoms with Gasteiger partial charge in [-0.15, -0.1) is 0 Å². The molecular formula is C13H14BrF3N2O. The number of hydrogen-bond donors (Lipinski definition) is 2. The van der Waals surface area contributed by atoms with Crippen LogP contribution in [0.5, 0.6) is 0 Å². The molecule has 1 aromatic carbocycles. The van der Waals surface area contributed by atoms with Crippen LogP contribution in [0.3, 0.4) is 0 Å². The van der Waals surface area contributed by atoms with Crippen molar-refractivity contribution in [3.63, 3.8) is 0 Å². The lowest BCUT2D eigenvalue weighted by atomic mass is 9.68. The standard InChI is InChI=1S/C13H14BrF3N2O/c14-9-3-2-8(13(15,16)17)6-10(9)19-11(20)12(7-18)4-1-5-12/h2-3,6H,1,4-5,7,18H2,(H,19,20). The molecule has 0 unspecified atom stereocenters. The fourth-order valence-corrected chi connectivity index (χ4v) is 2.53. The van der Waals surface area contributed by atoms with Gasteiger partial charge in [0.05, 0.1) is 16.7 Å². The summed E-state index contributed by atoms with van der Waals surface area (Å²) in [5.74, 6) is -0.314. The summed E-state index contributed by atoms with van der Waals surface area (Å²) in [6.07, 6.45) is -2.19. The van der Waals surface area contributed by atoms with Crippen molar-refractivity contribution in [2.45, 2.75) is 25.4 Å².